The first-order chi connectivity index (χ1) is 13.3. The van der Waals surface area contributed by atoms with Crippen molar-refractivity contribution in [2.24, 2.45) is 5.92 Å². The molecule has 0 unspecified atom stereocenters. The van der Waals surface area contributed by atoms with Gasteiger partial charge in [-0.05, 0) is 41.3 Å². The van der Waals surface area contributed by atoms with Gasteiger partial charge in [-0.3, -0.25) is 14.6 Å². The van der Waals surface area contributed by atoms with Crippen molar-refractivity contribution in [1.29, 1.82) is 0 Å². The number of aliphatic carboxylic acids is 1. The predicted molar refractivity (Wildman–Crippen MR) is 129 cm³/mol. The molecule has 0 aromatic heterocycles. The Bertz CT molecular complexity index is 754. The number of nitrogens with zero attached hydrogens (tertiary/aromatic N) is 2. The number of hydrogen-bond donors (Lipinski definition) is 1. The monoisotopic (exact) mass is 492 g/mol. The quantitative estimate of drug-likeness (QED) is 0.564. The molecule has 4 nitrogen and oxygen atoms in total. The molecule has 1 saturated heterocycles. The van der Waals surface area contributed by atoms with Gasteiger partial charge in [-0.2, -0.15) is 0 Å². The molecule has 0 amide bonds. The molecule has 3 rings (SSSR count). The second kappa shape index (κ2) is 12.1. The molecular formula is C22H28Cl4N2O2. The summed E-state index contributed by atoms with van der Waals surface area (Å²) in [7, 11) is 0. The van der Waals surface area contributed by atoms with Crippen molar-refractivity contribution in [2.75, 3.05) is 26.2 Å². The molecule has 1 heterocycles. The van der Waals surface area contributed by atoms with E-state index in [0.29, 0.717) is 16.0 Å². The molecule has 30 heavy (non-hydrogen) atoms. The van der Waals surface area contributed by atoms with Crippen molar-refractivity contribution in [1.82, 2.24) is 9.80 Å². The van der Waals surface area contributed by atoms with Gasteiger partial charge in [0.1, 0.15) is 0 Å². The van der Waals surface area contributed by atoms with E-state index in [0.717, 1.165) is 19.6 Å². The maximum Gasteiger partial charge on any atom is 0.317 e. The molecule has 0 bridgehead atoms. The van der Waals surface area contributed by atoms with E-state index in [1.807, 2.05) is 24.3 Å². The van der Waals surface area contributed by atoms with Crippen LogP contribution in [0.3, 0.4) is 0 Å². The number of hydrogen-bond acceptors (Lipinski definition) is 3. The highest BCUT2D eigenvalue weighted by Crippen LogP contribution is 2.33. The summed E-state index contributed by atoms with van der Waals surface area (Å²) >= 11 is 12.2. The first-order valence-electron chi connectivity index (χ1n) is 9.56. The largest absolute Gasteiger partial charge is 0.480 e. The summed E-state index contributed by atoms with van der Waals surface area (Å²) in [4.78, 5) is 15.8. The molecule has 1 fully saturated rings. The Hall–Kier alpha value is -1.01. The van der Waals surface area contributed by atoms with Crippen LogP contribution in [0.2, 0.25) is 10.0 Å². The van der Waals surface area contributed by atoms with Crippen LogP contribution in [0.4, 0.5) is 0 Å². The van der Waals surface area contributed by atoms with E-state index in [2.05, 4.69) is 47.9 Å². The Labute approximate surface area is 201 Å². The summed E-state index contributed by atoms with van der Waals surface area (Å²) in [6.07, 6.45) is 0. The SMILES string of the molecule is CC(C)[C@@H]1CN(C(c2ccc(Cl)cc2)c2ccc(Cl)cc2)CCN1CC(=O)O.Cl.Cl. The van der Waals surface area contributed by atoms with Gasteiger partial charge in [-0.15, -0.1) is 24.8 Å². The minimum Gasteiger partial charge on any atom is -0.480 e. The molecule has 0 spiro atoms. The van der Waals surface area contributed by atoms with E-state index in [-0.39, 0.29) is 43.4 Å². The molecular weight excluding hydrogens is 466 g/mol. The molecule has 2 aromatic carbocycles. The van der Waals surface area contributed by atoms with E-state index >= 15 is 0 Å². The zero-order valence-corrected chi connectivity index (χ0v) is 20.1. The third-order valence-corrected chi connectivity index (χ3v) is 5.91. The van der Waals surface area contributed by atoms with Gasteiger partial charge in [0.05, 0.1) is 12.6 Å². The molecule has 0 aliphatic carbocycles. The van der Waals surface area contributed by atoms with E-state index < -0.39 is 5.97 Å². The summed E-state index contributed by atoms with van der Waals surface area (Å²) in [5.74, 6) is -0.413. The van der Waals surface area contributed by atoms with Gasteiger partial charge in [-0.1, -0.05) is 61.3 Å². The first-order valence-corrected chi connectivity index (χ1v) is 10.3. The maximum absolute atomic E-state index is 11.3. The second-order valence-electron chi connectivity index (χ2n) is 7.68. The number of benzene rings is 2. The second-order valence-corrected chi connectivity index (χ2v) is 8.55. The van der Waals surface area contributed by atoms with Crippen molar-refractivity contribution >= 4 is 54.0 Å². The van der Waals surface area contributed by atoms with Gasteiger partial charge in [0.2, 0.25) is 0 Å². The summed E-state index contributed by atoms with van der Waals surface area (Å²) < 4.78 is 0. The molecule has 1 aliphatic heterocycles. The molecule has 1 atom stereocenters. The van der Waals surface area contributed by atoms with Gasteiger partial charge >= 0.3 is 5.97 Å². The van der Waals surface area contributed by atoms with Gasteiger partial charge in [0, 0.05) is 35.7 Å². The number of carbonyl (C=O) groups is 1. The highest BCUT2D eigenvalue weighted by atomic mass is 35.5. The smallest absolute Gasteiger partial charge is 0.317 e. The molecule has 166 valence electrons. The molecule has 0 saturated carbocycles. The average Bonchev–Trinajstić information content (AvgIpc) is 2.65. The van der Waals surface area contributed by atoms with Crippen molar-refractivity contribution in [2.45, 2.75) is 25.9 Å². The van der Waals surface area contributed by atoms with Crippen LogP contribution in [0.25, 0.3) is 0 Å². The maximum atomic E-state index is 11.3. The van der Waals surface area contributed by atoms with Crippen LogP contribution in [0.1, 0.15) is 31.0 Å². The van der Waals surface area contributed by atoms with Crippen LogP contribution >= 0.6 is 48.0 Å². The average molecular weight is 494 g/mol. The zero-order chi connectivity index (χ0) is 20.3. The van der Waals surface area contributed by atoms with E-state index in [4.69, 9.17) is 23.2 Å². The van der Waals surface area contributed by atoms with Gasteiger partial charge in [0.25, 0.3) is 0 Å². The van der Waals surface area contributed by atoms with Crippen LogP contribution < -0.4 is 0 Å². The minimum absolute atomic E-state index is 0. The molecule has 1 aliphatic rings. The lowest BCUT2D eigenvalue weighted by atomic mass is 9.93. The molecule has 1 N–H and O–H groups in total. The molecule has 0 radical (unpaired) electrons. The number of rotatable bonds is 6. The third kappa shape index (κ3) is 6.74. The number of halogens is 4. The summed E-state index contributed by atoms with van der Waals surface area (Å²) in [5.41, 5.74) is 2.34. The summed E-state index contributed by atoms with van der Waals surface area (Å²) in [5, 5.41) is 10.7. The van der Waals surface area contributed by atoms with E-state index in [1.165, 1.54) is 11.1 Å². The fraction of sp³-hybridized carbons (Fsp3) is 0.409. The number of carboxylic acid groups (broad SMARTS) is 1. The van der Waals surface area contributed by atoms with E-state index in [1.54, 1.807) is 0 Å². The van der Waals surface area contributed by atoms with E-state index in [9.17, 15) is 9.90 Å². The standard InChI is InChI=1S/C22H26Cl2N2O2.2ClH/c1-15(2)20-13-26(12-11-25(20)14-21(27)28)22(16-3-7-18(23)8-4-16)17-5-9-19(24)10-6-17;;/h3-10,15,20,22H,11-14H2,1-2H3,(H,27,28);2*1H/t20-;;/m0../s1. The van der Waals surface area contributed by atoms with Crippen LogP contribution in [0.15, 0.2) is 48.5 Å². The predicted octanol–water partition coefficient (Wildman–Crippen LogP) is 5.65. The molecule has 2 aromatic rings. The highest BCUT2D eigenvalue weighted by Gasteiger charge is 2.34. The lowest BCUT2D eigenvalue weighted by Gasteiger charge is -2.46. The topological polar surface area (TPSA) is 43.8 Å². The molecule has 8 heteroatoms. The highest BCUT2D eigenvalue weighted by molar-refractivity contribution is 6.30. The van der Waals surface area contributed by atoms with Gasteiger partial charge in [-0.25, -0.2) is 0 Å². The Morgan fingerprint density at radius 1 is 0.967 bits per heavy atom. The fourth-order valence-electron chi connectivity index (χ4n) is 4.01. The lowest BCUT2D eigenvalue weighted by Crippen LogP contribution is -2.57. The van der Waals surface area contributed by atoms with Crippen LogP contribution in [0.5, 0.6) is 0 Å². The Kier molecular flexibility index (Phi) is 10.9. The number of carboxylic acids is 1. The van der Waals surface area contributed by atoms with Crippen molar-refractivity contribution < 1.29 is 9.90 Å². The Morgan fingerprint density at radius 2 is 1.43 bits per heavy atom. The summed E-state index contributed by atoms with van der Waals surface area (Å²) in [6.45, 7) is 6.73. The first kappa shape index (κ1) is 27.0. The Morgan fingerprint density at radius 3 is 1.83 bits per heavy atom. The minimum atomic E-state index is -0.772. The Balaban J connectivity index is 0.00000225. The van der Waals surface area contributed by atoms with Crippen LogP contribution in [-0.4, -0.2) is 53.1 Å². The van der Waals surface area contributed by atoms with Crippen molar-refractivity contribution in [3.05, 3.63) is 69.7 Å². The summed E-state index contributed by atoms with van der Waals surface area (Å²) in [6, 6.07) is 16.2. The third-order valence-electron chi connectivity index (χ3n) is 5.41. The fourth-order valence-corrected chi connectivity index (χ4v) is 4.26. The number of piperazine rings is 1. The lowest BCUT2D eigenvalue weighted by molar-refractivity contribution is -0.140. The van der Waals surface area contributed by atoms with Crippen LogP contribution in [0, 0.1) is 5.92 Å². The normalized spacial score (nSPS) is 17.5. The van der Waals surface area contributed by atoms with Crippen molar-refractivity contribution in [3.8, 4) is 0 Å². The van der Waals surface area contributed by atoms with Crippen LogP contribution in [-0.2, 0) is 4.79 Å². The van der Waals surface area contributed by atoms with Gasteiger partial charge in [0.15, 0.2) is 0 Å². The zero-order valence-electron chi connectivity index (χ0n) is 17.0. The van der Waals surface area contributed by atoms with Gasteiger partial charge < -0.3 is 5.11 Å². The van der Waals surface area contributed by atoms with Crippen molar-refractivity contribution in [3.63, 3.8) is 0 Å².